The molecule has 3 aromatic rings. The molecular formula is C21H21N3O2S. The van der Waals surface area contributed by atoms with E-state index in [1.165, 1.54) is 5.56 Å². The highest BCUT2D eigenvalue weighted by Crippen LogP contribution is 2.46. The van der Waals surface area contributed by atoms with Crippen LogP contribution in [0.25, 0.3) is 5.69 Å². The largest absolute Gasteiger partial charge is 0.508 e. The van der Waals surface area contributed by atoms with Gasteiger partial charge in [0.1, 0.15) is 11.6 Å². The Balaban J connectivity index is 1.91. The highest BCUT2D eigenvalue weighted by molar-refractivity contribution is 8.01. The molecule has 2 atom stereocenters. The first-order chi connectivity index (χ1) is 12.9. The van der Waals surface area contributed by atoms with Gasteiger partial charge in [-0.3, -0.25) is 4.79 Å². The van der Waals surface area contributed by atoms with Crippen molar-refractivity contribution in [3.05, 3.63) is 70.9 Å². The molecule has 1 aromatic heterocycles. The van der Waals surface area contributed by atoms with Crippen LogP contribution < -0.4 is 5.32 Å². The van der Waals surface area contributed by atoms with Crippen molar-refractivity contribution in [3.63, 3.8) is 0 Å². The SMILES string of the molecule is Cc1ccc(-n2nc(C)c3c2NC(=O)[C@H](C)S[C@H]3c2cccc(O)c2)cc1. The first-order valence-electron chi connectivity index (χ1n) is 8.86. The number of aryl methyl sites for hydroxylation is 2. The second-order valence-electron chi connectivity index (χ2n) is 6.84. The van der Waals surface area contributed by atoms with E-state index in [4.69, 9.17) is 5.10 Å². The van der Waals surface area contributed by atoms with Crippen LogP contribution in [0.2, 0.25) is 0 Å². The van der Waals surface area contributed by atoms with E-state index < -0.39 is 0 Å². The highest BCUT2D eigenvalue weighted by Gasteiger charge is 2.34. The molecule has 138 valence electrons. The predicted octanol–water partition coefficient (Wildman–Crippen LogP) is 4.36. The zero-order chi connectivity index (χ0) is 19.1. The van der Waals surface area contributed by atoms with Crippen LogP contribution in [0.4, 0.5) is 5.82 Å². The van der Waals surface area contributed by atoms with Crippen LogP contribution in [-0.4, -0.2) is 26.0 Å². The fourth-order valence-corrected chi connectivity index (χ4v) is 4.64. The number of carbonyl (C=O) groups is 1. The molecule has 2 N–H and O–H groups in total. The second kappa shape index (κ2) is 6.78. The standard InChI is InChI=1S/C21H21N3O2S/c1-12-7-9-16(10-8-12)24-20-18(13(2)23-24)19(27-14(3)21(26)22-20)15-5-4-6-17(25)11-15/h4-11,14,19,25H,1-3H3,(H,22,26)/t14-,19-/m0/s1. The van der Waals surface area contributed by atoms with Gasteiger partial charge in [-0.15, -0.1) is 11.8 Å². The van der Waals surface area contributed by atoms with E-state index in [1.54, 1.807) is 28.6 Å². The number of phenols is 1. The third-order valence-corrected chi connectivity index (χ3v) is 6.17. The van der Waals surface area contributed by atoms with Crippen molar-refractivity contribution in [2.75, 3.05) is 5.32 Å². The molecule has 0 aliphatic carbocycles. The molecule has 1 aliphatic heterocycles. The Morgan fingerprint density at radius 2 is 1.89 bits per heavy atom. The van der Waals surface area contributed by atoms with Crippen LogP contribution in [0.3, 0.4) is 0 Å². The van der Waals surface area contributed by atoms with Gasteiger partial charge < -0.3 is 10.4 Å². The zero-order valence-electron chi connectivity index (χ0n) is 15.4. The minimum atomic E-state index is -0.226. The molecule has 0 spiro atoms. The number of aromatic hydroxyl groups is 1. The molecule has 1 amide bonds. The number of hydrogen-bond donors (Lipinski definition) is 2. The number of hydrogen-bond acceptors (Lipinski definition) is 4. The van der Waals surface area contributed by atoms with Crippen molar-refractivity contribution in [3.8, 4) is 11.4 Å². The van der Waals surface area contributed by atoms with Crippen LogP contribution in [0, 0.1) is 13.8 Å². The molecule has 5 nitrogen and oxygen atoms in total. The number of phenolic OH excluding ortho intramolecular Hbond substituents is 1. The fourth-order valence-electron chi connectivity index (χ4n) is 3.33. The van der Waals surface area contributed by atoms with Gasteiger partial charge in [-0.25, -0.2) is 4.68 Å². The van der Waals surface area contributed by atoms with E-state index in [2.05, 4.69) is 5.32 Å². The maximum atomic E-state index is 12.6. The first-order valence-corrected chi connectivity index (χ1v) is 9.80. The number of carbonyl (C=O) groups excluding carboxylic acids is 1. The fraction of sp³-hybridized carbons (Fsp3) is 0.238. The summed E-state index contributed by atoms with van der Waals surface area (Å²) in [5, 5.41) is 17.4. The summed E-state index contributed by atoms with van der Waals surface area (Å²) in [6.07, 6.45) is 0. The van der Waals surface area contributed by atoms with E-state index in [9.17, 15) is 9.90 Å². The van der Waals surface area contributed by atoms with Gasteiger partial charge in [-0.05, 0) is 50.6 Å². The monoisotopic (exact) mass is 379 g/mol. The number of benzene rings is 2. The van der Waals surface area contributed by atoms with Crippen molar-refractivity contribution >= 4 is 23.5 Å². The molecule has 0 saturated carbocycles. The summed E-state index contributed by atoms with van der Waals surface area (Å²) >= 11 is 1.57. The van der Waals surface area contributed by atoms with E-state index >= 15 is 0 Å². The molecule has 0 saturated heterocycles. The van der Waals surface area contributed by atoms with Crippen molar-refractivity contribution in [2.45, 2.75) is 31.3 Å². The quantitative estimate of drug-likeness (QED) is 0.694. The molecular weight excluding hydrogens is 358 g/mol. The topological polar surface area (TPSA) is 67.2 Å². The maximum absolute atomic E-state index is 12.6. The molecule has 27 heavy (non-hydrogen) atoms. The van der Waals surface area contributed by atoms with Crippen molar-refractivity contribution in [1.82, 2.24) is 9.78 Å². The summed E-state index contributed by atoms with van der Waals surface area (Å²) in [6, 6.07) is 15.3. The molecule has 0 radical (unpaired) electrons. The Labute approximate surface area is 162 Å². The molecule has 4 rings (SSSR count). The molecule has 1 aliphatic rings. The van der Waals surface area contributed by atoms with Gasteiger partial charge in [0.05, 0.1) is 21.9 Å². The van der Waals surface area contributed by atoms with E-state index in [1.807, 2.05) is 57.2 Å². The lowest BCUT2D eigenvalue weighted by Gasteiger charge is -2.17. The van der Waals surface area contributed by atoms with Gasteiger partial charge in [-0.2, -0.15) is 5.10 Å². The molecule has 0 bridgehead atoms. The Morgan fingerprint density at radius 3 is 2.59 bits per heavy atom. The van der Waals surface area contributed by atoms with Crippen molar-refractivity contribution in [1.29, 1.82) is 0 Å². The predicted molar refractivity (Wildman–Crippen MR) is 109 cm³/mol. The van der Waals surface area contributed by atoms with E-state index in [0.29, 0.717) is 5.82 Å². The number of rotatable bonds is 2. The number of thioether (sulfide) groups is 1. The van der Waals surface area contributed by atoms with Crippen LogP contribution in [0.1, 0.15) is 34.6 Å². The van der Waals surface area contributed by atoms with Crippen LogP contribution >= 0.6 is 11.8 Å². The molecule has 2 aromatic carbocycles. The summed E-state index contributed by atoms with van der Waals surface area (Å²) in [6.45, 7) is 5.90. The van der Waals surface area contributed by atoms with Gasteiger partial charge in [0, 0.05) is 5.56 Å². The Hall–Kier alpha value is -2.73. The highest BCUT2D eigenvalue weighted by atomic mass is 32.2. The Kier molecular flexibility index (Phi) is 4.44. The van der Waals surface area contributed by atoms with Crippen molar-refractivity contribution < 1.29 is 9.90 Å². The number of nitrogens with zero attached hydrogens (tertiary/aromatic N) is 2. The second-order valence-corrected chi connectivity index (χ2v) is 8.29. The lowest BCUT2D eigenvalue weighted by Crippen LogP contribution is -2.22. The molecule has 6 heteroatoms. The first kappa shape index (κ1) is 17.7. The zero-order valence-corrected chi connectivity index (χ0v) is 16.2. The van der Waals surface area contributed by atoms with Crippen LogP contribution in [0.15, 0.2) is 48.5 Å². The summed E-state index contributed by atoms with van der Waals surface area (Å²) in [5.74, 6) is 0.873. The number of nitrogens with one attached hydrogen (secondary N) is 1. The average molecular weight is 379 g/mol. The Bertz CT molecular complexity index is 1010. The van der Waals surface area contributed by atoms with Gasteiger partial charge in [-0.1, -0.05) is 29.8 Å². The smallest absolute Gasteiger partial charge is 0.238 e. The molecule has 0 fully saturated rings. The van der Waals surface area contributed by atoms with Gasteiger partial charge >= 0.3 is 0 Å². The number of amides is 1. The van der Waals surface area contributed by atoms with Crippen molar-refractivity contribution in [2.24, 2.45) is 0 Å². The minimum Gasteiger partial charge on any atom is -0.508 e. The summed E-state index contributed by atoms with van der Waals surface area (Å²) in [7, 11) is 0. The third-order valence-electron chi connectivity index (χ3n) is 4.77. The molecule has 0 unspecified atom stereocenters. The summed E-state index contributed by atoms with van der Waals surface area (Å²) in [4.78, 5) is 12.6. The van der Waals surface area contributed by atoms with E-state index in [0.717, 1.165) is 22.5 Å². The summed E-state index contributed by atoms with van der Waals surface area (Å²) < 4.78 is 1.80. The molecule has 2 heterocycles. The summed E-state index contributed by atoms with van der Waals surface area (Å²) in [5.41, 5.74) is 4.86. The van der Waals surface area contributed by atoms with Gasteiger partial charge in [0.25, 0.3) is 0 Å². The number of fused-ring (bicyclic) bond motifs is 1. The average Bonchev–Trinajstić information content (AvgIpc) is 2.88. The normalized spacial score (nSPS) is 19.3. The van der Waals surface area contributed by atoms with Gasteiger partial charge in [0.15, 0.2) is 0 Å². The van der Waals surface area contributed by atoms with E-state index in [-0.39, 0.29) is 22.2 Å². The van der Waals surface area contributed by atoms with Crippen LogP contribution in [0.5, 0.6) is 5.75 Å². The maximum Gasteiger partial charge on any atom is 0.238 e. The minimum absolute atomic E-state index is 0.0443. The lowest BCUT2D eigenvalue weighted by molar-refractivity contribution is -0.115. The number of anilines is 1. The Morgan fingerprint density at radius 1 is 1.15 bits per heavy atom. The number of aromatic nitrogens is 2. The van der Waals surface area contributed by atoms with Gasteiger partial charge in [0.2, 0.25) is 5.91 Å². The lowest BCUT2D eigenvalue weighted by atomic mass is 10.0. The third kappa shape index (κ3) is 3.21. The van der Waals surface area contributed by atoms with Crippen LogP contribution in [-0.2, 0) is 4.79 Å².